The fraction of sp³-hybridized carbons (Fsp3) is 0.111. The molecular weight excluding hydrogens is 388 g/mol. The first kappa shape index (κ1) is 20.4. The predicted molar refractivity (Wildman–Crippen MR) is 121 cm³/mol. The fourth-order valence-electron chi connectivity index (χ4n) is 3.50. The van der Waals surface area contributed by atoms with Crippen molar-refractivity contribution in [2.75, 3.05) is 0 Å². The second kappa shape index (κ2) is 8.44. The van der Waals surface area contributed by atoms with E-state index in [2.05, 4.69) is 0 Å². The van der Waals surface area contributed by atoms with Gasteiger partial charge >= 0.3 is 11.9 Å². The van der Waals surface area contributed by atoms with Gasteiger partial charge in [0.2, 0.25) is 0 Å². The van der Waals surface area contributed by atoms with Crippen molar-refractivity contribution >= 4 is 22.7 Å². The minimum atomic E-state index is -0.466. The van der Waals surface area contributed by atoms with Crippen LogP contribution >= 0.6 is 0 Å². The average molecular weight is 410 g/mol. The summed E-state index contributed by atoms with van der Waals surface area (Å²) in [6, 6.07) is 23.5. The summed E-state index contributed by atoms with van der Waals surface area (Å²) in [6.07, 6.45) is 0. The normalized spacial score (nSPS) is 10.7. The number of rotatable bonds is 4. The van der Waals surface area contributed by atoms with Crippen molar-refractivity contribution in [3.63, 3.8) is 0 Å². The first-order valence-electron chi connectivity index (χ1n) is 10.0. The molecule has 31 heavy (non-hydrogen) atoms. The summed E-state index contributed by atoms with van der Waals surface area (Å²) in [5.74, 6) is -0.232. The third-order valence-electron chi connectivity index (χ3n) is 5.31. The SMILES string of the molecule is Cc1cccc(C(=O)Oc2cccc3cccc(OC(=O)c4cccc(C)c4C)c23)c1. The molecule has 0 amide bonds. The highest BCUT2D eigenvalue weighted by Gasteiger charge is 2.18. The molecule has 0 aromatic heterocycles. The molecule has 4 aromatic carbocycles. The Balaban J connectivity index is 1.71. The summed E-state index contributed by atoms with van der Waals surface area (Å²) in [4.78, 5) is 25.6. The molecule has 0 heterocycles. The van der Waals surface area contributed by atoms with Crippen LogP contribution in [0.15, 0.2) is 78.9 Å². The number of aryl methyl sites for hydroxylation is 2. The number of carbonyl (C=O) groups is 2. The van der Waals surface area contributed by atoms with E-state index >= 15 is 0 Å². The van der Waals surface area contributed by atoms with Crippen LogP contribution in [0.5, 0.6) is 11.5 Å². The summed E-state index contributed by atoms with van der Waals surface area (Å²) in [5, 5.41) is 1.38. The van der Waals surface area contributed by atoms with Gasteiger partial charge in [-0.1, -0.05) is 54.1 Å². The first-order chi connectivity index (χ1) is 14.9. The third kappa shape index (κ3) is 4.19. The Morgan fingerprint density at radius 3 is 1.97 bits per heavy atom. The Morgan fingerprint density at radius 1 is 0.677 bits per heavy atom. The molecule has 0 aliphatic heterocycles. The van der Waals surface area contributed by atoms with Gasteiger partial charge in [0.15, 0.2) is 0 Å². The molecule has 0 aliphatic rings. The van der Waals surface area contributed by atoms with Crippen LogP contribution in [-0.4, -0.2) is 11.9 Å². The predicted octanol–water partition coefficient (Wildman–Crippen LogP) is 6.20. The van der Waals surface area contributed by atoms with Gasteiger partial charge < -0.3 is 9.47 Å². The first-order valence-corrected chi connectivity index (χ1v) is 10.0. The van der Waals surface area contributed by atoms with E-state index in [1.165, 1.54) is 0 Å². The maximum atomic E-state index is 12.9. The molecule has 154 valence electrons. The summed E-state index contributed by atoms with van der Waals surface area (Å²) in [5.41, 5.74) is 3.82. The highest BCUT2D eigenvalue weighted by molar-refractivity contribution is 6.01. The number of hydrogen-bond donors (Lipinski definition) is 0. The zero-order valence-corrected chi connectivity index (χ0v) is 17.6. The molecule has 0 bridgehead atoms. The van der Waals surface area contributed by atoms with Crippen LogP contribution in [0.4, 0.5) is 0 Å². The highest BCUT2D eigenvalue weighted by Crippen LogP contribution is 2.35. The molecule has 0 N–H and O–H groups in total. The molecule has 0 spiro atoms. The summed E-state index contributed by atoms with van der Waals surface area (Å²) in [6.45, 7) is 5.76. The van der Waals surface area contributed by atoms with Gasteiger partial charge in [-0.2, -0.15) is 0 Å². The number of fused-ring (bicyclic) bond motifs is 1. The Labute approximate surface area is 181 Å². The van der Waals surface area contributed by atoms with Gasteiger partial charge in [-0.25, -0.2) is 9.59 Å². The zero-order valence-electron chi connectivity index (χ0n) is 17.6. The zero-order chi connectivity index (χ0) is 22.0. The van der Waals surface area contributed by atoms with Crippen LogP contribution < -0.4 is 9.47 Å². The maximum Gasteiger partial charge on any atom is 0.343 e. The standard InChI is InChI=1S/C27H22O4/c1-17-8-4-12-21(16-17)26(28)30-23-14-6-10-20-11-7-15-24(25(20)23)31-27(29)22-13-5-9-18(2)19(22)3/h4-16H,1-3H3. The number of hydrogen-bond acceptors (Lipinski definition) is 4. The minimum absolute atomic E-state index is 0.341. The molecule has 4 heteroatoms. The Kier molecular flexibility index (Phi) is 5.54. The molecule has 4 aromatic rings. The van der Waals surface area contributed by atoms with Crippen molar-refractivity contribution in [3.05, 3.63) is 107 Å². The van der Waals surface area contributed by atoms with Gasteiger partial charge in [0.1, 0.15) is 11.5 Å². The molecule has 0 radical (unpaired) electrons. The van der Waals surface area contributed by atoms with Crippen LogP contribution in [0.1, 0.15) is 37.4 Å². The van der Waals surface area contributed by atoms with E-state index in [0.717, 1.165) is 22.1 Å². The number of esters is 2. The van der Waals surface area contributed by atoms with Gasteiger partial charge in [-0.05, 0) is 67.6 Å². The van der Waals surface area contributed by atoms with E-state index in [9.17, 15) is 9.59 Å². The maximum absolute atomic E-state index is 12.9. The van der Waals surface area contributed by atoms with Crippen molar-refractivity contribution in [2.24, 2.45) is 0 Å². The van der Waals surface area contributed by atoms with Gasteiger partial charge in [-0.3, -0.25) is 0 Å². The van der Waals surface area contributed by atoms with E-state index < -0.39 is 11.9 Å². The fourth-order valence-corrected chi connectivity index (χ4v) is 3.50. The monoisotopic (exact) mass is 410 g/mol. The number of carbonyl (C=O) groups excluding carboxylic acids is 2. The van der Waals surface area contributed by atoms with Crippen molar-refractivity contribution in [2.45, 2.75) is 20.8 Å². The van der Waals surface area contributed by atoms with Crippen LogP contribution in [-0.2, 0) is 0 Å². The van der Waals surface area contributed by atoms with Gasteiger partial charge in [-0.15, -0.1) is 0 Å². The van der Waals surface area contributed by atoms with E-state index in [-0.39, 0.29) is 0 Å². The molecule has 4 rings (SSSR count). The Morgan fingerprint density at radius 2 is 1.29 bits per heavy atom. The Bertz CT molecular complexity index is 1300. The van der Waals surface area contributed by atoms with Crippen LogP contribution in [0.2, 0.25) is 0 Å². The lowest BCUT2D eigenvalue weighted by Crippen LogP contribution is -2.12. The van der Waals surface area contributed by atoms with E-state index in [4.69, 9.17) is 9.47 Å². The lowest BCUT2D eigenvalue weighted by atomic mass is 10.0. The summed E-state index contributed by atoms with van der Waals surface area (Å²) < 4.78 is 11.5. The van der Waals surface area contributed by atoms with Gasteiger partial charge in [0, 0.05) is 0 Å². The average Bonchev–Trinajstić information content (AvgIpc) is 2.76. The largest absolute Gasteiger partial charge is 0.422 e. The van der Waals surface area contributed by atoms with Crippen molar-refractivity contribution in [1.82, 2.24) is 0 Å². The van der Waals surface area contributed by atoms with Crippen molar-refractivity contribution in [1.29, 1.82) is 0 Å². The Hall–Kier alpha value is -3.92. The van der Waals surface area contributed by atoms with Crippen LogP contribution in [0.25, 0.3) is 10.8 Å². The quantitative estimate of drug-likeness (QED) is 0.297. The molecule has 0 fully saturated rings. The lowest BCUT2D eigenvalue weighted by molar-refractivity contribution is 0.0735. The van der Waals surface area contributed by atoms with Crippen molar-refractivity contribution < 1.29 is 19.1 Å². The summed E-state index contributed by atoms with van der Waals surface area (Å²) in [7, 11) is 0. The molecule has 0 saturated carbocycles. The van der Waals surface area contributed by atoms with E-state index in [1.807, 2.05) is 57.2 Å². The minimum Gasteiger partial charge on any atom is -0.422 e. The lowest BCUT2D eigenvalue weighted by Gasteiger charge is -2.13. The van der Waals surface area contributed by atoms with Crippen LogP contribution in [0.3, 0.4) is 0 Å². The van der Waals surface area contributed by atoms with Gasteiger partial charge in [0.05, 0.1) is 16.5 Å². The van der Waals surface area contributed by atoms with E-state index in [0.29, 0.717) is 28.0 Å². The molecule has 0 aliphatic carbocycles. The smallest absolute Gasteiger partial charge is 0.343 e. The molecule has 0 saturated heterocycles. The molecule has 4 nitrogen and oxygen atoms in total. The topological polar surface area (TPSA) is 52.6 Å². The molecule has 0 unspecified atom stereocenters. The van der Waals surface area contributed by atoms with E-state index in [1.54, 1.807) is 42.5 Å². The van der Waals surface area contributed by atoms with Gasteiger partial charge in [0.25, 0.3) is 0 Å². The second-order valence-corrected chi connectivity index (χ2v) is 7.51. The second-order valence-electron chi connectivity index (χ2n) is 7.51. The molecular formula is C27H22O4. The third-order valence-corrected chi connectivity index (χ3v) is 5.31. The number of benzene rings is 4. The molecule has 0 atom stereocenters. The summed E-state index contributed by atoms with van der Waals surface area (Å²) >= 11 is 0. The highest BCUT2D eigenvalue weighted by atomic mass is 16.5. The number of ether oxygens (including phenoxy) is 2. The van der Waals surface area contributed by atoms with Crippen LogP contribution in [0, 0.1) is 20.8 Å². The van der Waals surface area contributed by atoms with Crippen molar-refractivity contribution in [3.8, 4) is 11.5 Å².